The molecule has 0 radical (unpaired) electrons. The number of sulfone groups is 1. The molecule has 29 heavy (non-hydrogen) atoms. The van der Waals surface area contributed by atoms with Crippen LogP contribution in [0.1, 0.15) is 34.0 Å². The number of hydrogen-bond acceptors (Lipinski definition) is 4. The Labute approximate surface area is 171 Å². The van der Waals surface area contributed by atoms with Crippen LogP contribution >= 0.6 is 0 Å². The van der Waals surface area contributed by atoms with Crippen molar-refractivity contribution in [2.75, 3.05) is 11.6 Å². The van der Waals surface area contributed by atoms with E-state index in [1.807, 2.05) is 43.5 Å². The lowest BCUT2D eigenvalue weighted by Gasteiger charge is -2.12. The number of benzene rings is 2. The number of amides is 1. The van der Waals surface area contributed by atoms with Crippen molar-refractivity contribution >= 4 is 21.4 Å². The normalized spacial score (nSPS) is 11.3. The fourth-order valence-corrected chi connectivity index (χ4v) is 3.88. The lowest BCUT2D eigenvalue weighted by atomic mass is 10.0. The summed E-state index contributed by atoms with van der Waals surface area (Å²) >= 11 is 0. The van der Waals surface area contributed by atoms with Crippen molar-refractivity contribution in [3.63, 3.8) is 0 Å². The van der Waals surface area contributed by atoms with Gasteiger partial charge in [-0.1, -0.05) is 31.2 Å². The maximum atomic E-state index is 12.6. The van der Waals surface area contributed by atoms with Crippen LogP contribution in [0.15, 0.2) is 60.8 Å². The van der Waals surface area contributed by atoms with E-state index >= 15 is 0 Å². The number of aryl methyl sites for hydroxylation is 2. The summed E-state index contributed by atoms with van der Waals surface area (Å²) in [5, 5.41) is 2.91. The molecular formula is C23H24N2O3S. The van der Waals surface area contributed by atoms with E-state index in [0.29, 0.717) is 16.8 Å². The summed E-state index contributed by atoms with van der Waals surface area (Å²) in [6.45, 7) is 4.08. The predicted octanol–water partition coefficient (Wildman–Crippen LogP) is 4.42. The fourth-order valence-electron chi connectivity index (χ4n) is 3.09. The molecule has 1 N–H and O–H groups in total. The molecule has 0 aliphatic carbocycles. The SMILES string of the molecule is CCc1ccc(NC(=O)c2ccc(CS(C)(=O)=O)cc2)cc1-c1ccc(C)cn1. The molecule has 2 aromatic carbocycles. The fraction of sp³-hybridized carbons (Fsp3) is 0.217. The Bertz CT molecular complexity index is 1120. The molecule has 3 aromatic rings. The van der Waals surface area contributed by atoms with Crippen molar-refractivity contribution in [3.8, 4) is 11.3 Å². The summed E-state index contributed by atoms with van der Waals surface area (Å²) in [4.78, 5) is 17.1. The van der Waals surface area contributed by atoms with E-state index in [4.69, 9.17) is 0 Å². The van der Waals surface area contributed by atoms with Crippen molar-refractivity contribution in [2.24, 2.45) is 0 Å². The number of hydrogen-bond donors (Lipinski definition) is 1. The van der Waals surface area contributed by atoms with Crippen molar-refractivity contribution < 1.29 is 13.2 Å². The third-order valence-corrected chi connectivity index (χ3v) is 5.44. The Kier molecular flexibility index (Phi) is 6.13. The summed E-state index contributed by atoms with van der Waals surface area (Å²) in [6.07, 6.45) is 3.88. The topological polar surface area (TPSA) is 76.1 Å². The van der Waals surface area contributed by atoms with E-state index in [2.05, 4.69) is 17.2 Å². The van der Waals surface area contributed by atoms with Crippen LogP contribution in [0.4, 0.5) is 5.69 Å². The van der Waals surface area contributed by atoms with Gasteiger partial charge in [0.15, 0.2) is 9.84 Å². The molecular weight excluding hydrogens is 384 g/mol. The molecule has 0 atom stereocenters. The van der Waals surface area contributed by atoms with Gasteiger partial charge in [0.05, 0.1) is 11.4 Å². The molecule has 150 valence electrons. The summed E-state index contributed by atoms with van der Waals surface area (Å²) in [5.41, 5.74) is 5.92. The van der Waals surface area contributed by atoms with Gasteiger partial charge >= 0.3 is 0 Å². The van der Waals surface area contributed by atoms with Crippen molar-refractivity contribution in [3.05, 3.63) is 83.0 Å². The Morgan fingerprint density at radius 1 is 1.03 bits per heavy atom. The number of aromatic nitrogens is 1. The molecule has 0 saturated heterocycles. The van der Waals surface area contributed by atoms with Gasteiger partial charge in [-0.05, 0) is 60.4 Å². The molecule has 6 heteroatoms. The third-order valence-electron chi connectivity index (χ3n) is 4.58. The van der Waals surface area contributed by atoms with Crippen LogP contribution in [0, 0.1) is 6.92 Å². The number of nitrogens with zero attached hydrogens (tertiary/aromatic N) is 1. The Morgan fingerprint density at radius 2 is 1.76 bits per heavy atom. The highest BCUT2D eigenvalue weighted by Crippen LogP contribution is 2.26. The van der Waals surface area contributed by atoms with E-state index in [1.54, 1.807) is 24.3 Å². The van der Waals surface area contributed by atoms with E-state index in [-0.39, 0.29) is 11.7 Å². The number of carbonyl (C=O) groups is 1. The maximum Gasteiger partial charge on any atom is 0.255 e. The Balaban J connectivity index is 1.81. The largest absolute Gasteiger partial charge is 0.322 e. The molecule has 1 heterocycles. The van der Waals surface area contributed by atoms with Gasteiger partial charge in [0.1, 0.15) is 0 Å². The number of anilines is 1. The molecule has 1 amide bonds. The van der Waals surface area contributed by atoms with E-state index in [0.717, 1.165) is 28.8 Å². The van der Waals surface area contributed by atoms with Crippen LogP contribution in [0.2, 0.25) is 0 Å². The standard InChI is InChI=1S/C23H24N2O3S/c1-4-18-10-11-20(13-21(18)22-12-5-16(2)14-24-22)25-23(26)19-8-6-17(7-9-19)15-29(3,27)28/h5-14H,4,15H2,1-3H3,(H,25,26). The molecule has 0 bridgehead atoms. The van der Waals surface area contributed by atoms with Gasteiger partial charge in [0.25, 0.3) is 5.91 Å². The van der Waals surface area contributed by atoms with E-state index < -0.39 is 9.84 Å². The molecule has 0 unspecified atom stereocenters. The molecule has 5 nitrogen and oxygen atoms in total. The lowest BCUT2D eigenvalue weighted by molar-refractivity contribution is 0.102. The molecule has 0 aliphatic heterocycles. The maximum absolute atomic E-state index is 12.6. The summed E-state index contributed by atoms with van der Waals surface area (Å²) in [7, 11) is -3.11. The number of pyridine rings is 1. The van der Waals surface area contributed by atoms with Gasteiger partial charge in [0, 0.05) is 29.3 Å². The second-order valence-corrected chi connectivity index (χ2v) is 9.31. The first-order chi connectivity index (χ1) is 13.7. The van der Waals surface area contributed by atoms with Crippen molar-refractivity contribution in [2.45, 2.75) is 26.0 Å². The van der Waals surface area contributed by atoms with Crippen LogP contribution in [0.3, 0.4) is 0 Å². The van der Waals surface area contributed by atoms with E-state index in [1.165, 1.54) is 6.26 Å². The van der Waals surface area contributed by atoms with Gasteiger partial charge in [0.2, 0.25) is 0 Å². The highest BCUT2D eigenvalue weighted by Gasteiger charge is 2.11. The average Bonchev–Trinajstić information content (AvgIpc) is 2.68. The summed E-state index contributed by atoms with van der Waals surface area (Å²) < 4.78 is 22.8. The summed E-state index contributed by atoms with van der Waals surface area (Å²) in [6, 6.07) is 16.4. The zero-order valence-corrected chi connectivity index (χ0v) is 17.6. The second-order valence-electron chi connectivity index (χ2n) is 7.17. The highest BCUT2D eigenvalue weighted by molar-refractivity contribution is 7.89. The third kappa shape index (κ3) is 5.51. The van der Waals surface area contributed by atoms with Gasteiger partial charge in [-0.15, -0.1) is 0 Å². The first-order valence-electron chi connectivity index (χ1n) is 9.39. The van der Waals surface area contributed by atoms with Crippen molar-refractivity contribution in [1.29, 1.82) is 0 Å². The van der Waals surface area contributed by atoms with Crippen LogP contribution in [-0.4, -0.2) is 25.6 Å². The monoisotopic (exact) mass is 408 g/mol. The minimum atomic E-state index is -3.11. The number of rotatable bonds is 6. The first kappa shape index (κ1) is 20.7. The zero-order valence-electron chi connectivity index (χ0n) is 16.8. The Hall–Kier alpha value is -2.99. The molecule has 0 spiro atoms. The molecule has 3 rings (SSSR count). The average molecular weight is 409 g/mol. The number of nitrogens with one attached hydrogen (secondary N) is 1. The molecule has 0 saturated carbocycles. The van der Waals surface area contributed by atoms with Gasteiger partial charge in [-0.3, -0.25) is 9.78 Å². The van der Waals surface area contributed by atoms with Crippen molar-refractivity contribution in [1.82, 2.24) is 4.98 Å². The Morgan fingerprint density at radius 3 is 2.34 bits per heavy atom. The predicted molar refractivity (Wildman–Crippen MR) is 117 cm³/mol. The molecule has 1 aromatic heterocycles. The smallest absolute Gasteiger partial charge is 0.255 e. The number of carbonyl (C=O) groups excluding carboxylic acids is 1. The van der Waals surface area contributed by atoms with Crippen LogP contribution < -0.4 is 5.32 Å². The minimum Gasteiger partial charge on any atom is -0.322 e. The van der Waals surface area contributed by atoms with Gasteiger partial charge in [-0.2, -0.15) is 0 Å². The molecule has 0 fully saturated rings. The highest BCUT2D eigenvalue weighted by atomic mass is 32.2. The minimum absolute atomic E-state index is 0.0414. The van der Waals surface area contributed by atoms with Gasteiger partial charge in [-0.25, -0.2) is 8.42 Å². The van der Waals surface area contributed by atoms with E-state index in [9.17, 15) is 13.2 Å². The quantitative estimate of drug-likeness (QED) is 0.655. The second kappa shape index (κ2) is 8.57. The van der Waals surface area contributed by atoms with Crippen LogP contribution in [0.5, 0.6) is 0 Å². The zero-order chi connectivity index (χ0) is 21.0. The van der Waals surface area contributed by atoms with Crippen LogP contribution in [0.25, 0.3) is 11.3 Å². The first-order valence-corrected chi connectivity index (χ1v) is 11.4. The van der Waals surface area contributed by atoms with Gasteiger partial charge < -0.3 is 5.32 Å². The lowest BCUT2D eigenvalue weighted by Crippen LogP contribution is -2.12. The molecule has 0 aliphatic rings. The summed E-state index contributed by atoms with van der Waals surface area (Å²) in [5.74, 6) is -0.289. The van der Waals surface area contributed by atoms with Crippen LogP contribution in [-0.2, 0) is 22.0 Å².